The molecule has 1 amide bonds. The third kappa shape index (κ3) is 7.44. The van der Waals surface area contributed by atoms with E-state index in [0.717, 1.165) is 12.7 Å². The molecule has 0 saturated carbocycles. The van der Waals surface area contributed by atoms with Crippen LogP contribution in [0, 0.1) is 0 Å². The number of hydrogen-bond acceptors (Lipinski definition) is 12. The Hall–Kier alpha value is -2.63. The van der Waals surface area contributed by atoms with Gasteiger partial charge in [0.1, 0.15) is 23.8 Å². The molecule has 0 spiro atoms. The number of nitrogens with two attached hydrogens (primary N) is 1. The highest BCUT2D eigenvalue weighted by molar-refractivity contribution is 7.88. The summed E-state index contributed by atoms with van der Waals surface area (Å²) >= 11 is 0. The number of hydrogen-bond donors (Lipinski definition) is 7. The van der Waals surface area contributed by atoms with Crippen LogP contribution < -0.4 is 26.4 Å². The number of fused-ring (bicyclic) bond motifs is 1. The number of nitrogens with one attached hydrogen (secondary N) is 4. The van der Waals surface area contributed by atoms with E-state index >= 15 is 0 Å². The van der Waals surface area contributed by atoms with Crippen LogP contribution in [0.2, 0.25) is 0 Å². The first-order chi connectivity index (χ1) is 17.1. The number of anilines is 2. The van der Waals surface area contributed by atoms with Gasteiger partial charge in [-0.25, -0.2) is 18.1 Å². The Bertz CT molecular complexity index is 1130. The van der Waals surface area contributed by atoms with Crippen LogP contribution in [0.25, 0.3) is 11.2 Å². The molecular formula is C20H35N9O6S. The Balaban J connectivity index is 1.48. The number of carbonyl (C=O) groups excluding carboxylic acids is 1. The molecule has 1 saturated heterocycles. The summed E-state index contributed by atoms with van der Waals surface area (Å²) in [6.07, 6.45) is 1.19. The summed E-state index contributed by atoms with van der Waals surface area (Å²) < 4.78 is 31.7. The molecule has 0 bridgehead atoms. The fourth-order valence-corrected chi connectivity index (χ4v) is 4.36. The number of nitrogens with zero attached hydrogens (tertiary/aromatic N) is 4. The average Bonchev–Trinajstić information content (AvgIpc) is 3.35. The van der Waals surface area contributed by atoms with Crippen molar-refractivity contribution in [2.45, 2.75) is 50.2 Å². The molecule has 202 valence electrons. The number of nitrogen functional groups attached to an aromatic ring is 1. The summed E-state index contributed by atoms with van der Waals surface area (Å²) in [5.74, 6) is 0.244. The fraction of sp³-hybridized carbons (Fsp3) is 0.700. The monoisotopic (exact) mass is 529 g/mol. The molecule has 0 aromatic carbocycles. The first-order valence-corrected chi connectivity index (χ1v) is 13.6. The summed E-state index contributed by atoms with van der Waals surface area (Å²) in [7, 11) is -1.46. The minimum Gasteiger partial charge on any atom is -0.387 e. The summed E-state index contributed by atoms with van der Waals surface area (Å²) in [6.45, 7) is 1.39. The number of imidazole rings is 1. The maximum Gasteiger partial charge on any atom is 0.226 e. The summed E-state index contributed by atoms with van der Waals surface area (Å²) in [4.78, 5) is 24.8. The van der Waals surface area contributed by atoms with Crippen molar-refractivity contribution in [3.63, 3.8) is 0 Å². The first-order valence-electron chi connectivity index (χ1n) is 11.7. The smallest absolute Gasteiger partial charge is 0.226 e. The predicted octanol–water partition coefficient (Wildman–Crippen LogP) is -2.12. The predicted molar refractivity (Wildman–Crippen MR) is 132 cm³/mol. The number of carbonyl (C=O) groups is 1. The highest BCUT2D eigenvalue weighted by Crippen LogP contribution is 2.32. The topological polar surface area (TPSA) is 219 Å². The quantitative estimate of drug-likeness (QED) is 0.131. The van der Waals surface area contributed by atoms with Crippen LogP contribution >= 0.6 is 0 Å². The van der Waals surface area contributed by atoms with E-state index < -0.39 is 34.6 Å². The maximum absolute atomic E-state index is 12.0. The minimum absolute atomic E-state index is 0.108. The largest absolute Gasteiger partial charge is 0.387 e. The number of unbranched alkanes of at least 4 members (excludes halogenated alkanes) is 2. The molecule has 1 unspecified atom stereocenters. The van der Waals surface area contributed by atoms with Gasteiger partial charge in [-0.3, -0.25) is 9.36 Å². The maximum atomic E-state index is 12.0. The second-order valence-corrected chi connectivity index (χ2v) is 10.4. The van der Waals surface area contributed by atoms with Crippen molar-refractivity contribution in [1.29, 1.82) is 0 Å². The number of sulfonamides is 1. The van der Waals surface area contributed by atoms with E-state index in [1.807, 2.05) is 0 Å². The van der Waals surface area contributed by atoms with E-state index in [1.54, 1.807) is 7.05 Å². The molecular weight excluding hydrogens is 494 g/mol. The molecule has 3 heterocycles. The van der Waals surface area contributed by atoms with Gasteiger partial charge in [0.25, 0.3) is 0 Å². The molecule has 3 rings (SSSR count). The van der Waals surface area contributed by atoms with E-state index in [-0.39, 0.29) is 17.7 Å². The lowest BCUT2D eigenvalue weighted by atomic mass is 10.1. The van der Waals surface area contributed by atoms with Crippen LogP contribution in [0.3, 0.4) is 0 Å². The Morgan fingerprint density at radius 2 is 1.94 bits per heavy atom. The van der Waals surface area contributed by atoms with Crippen molar-refractivity contribution < 1.29 is 28.2 Å². The van der Waals surface area contributed by atoms with Crippen LogP contribution in [0.5, 0.6) is 0 Å². The van der Waals surface area contributed by atoms with Gasteiger partial charge in [0.2, 0.25) is 21.9 Å². The Labute approximate surface area is 209 Å². The highest BCUT2D eigenvalue weighted by Gasteiger charge is 2.44. The zero-order chi connectivity index (χ0) is 26.3. The Morgan fingerprint density at radius 3 is 2.67 bits per heavy atom. The fourth-order valence-electron chi connectivity index (χ4n) is 3.84. The standard InChI is InChI=1S/C20H35N9O6S/c1-22-10-12-15(31)16(32)19(35-12)29-11-25-14-17(21)27-20(28-18(14)29)24-9-8-23-13(30)6-4-3-5-7-26-36(2,33)34/h11-12,15-16,19,22,26,31-32H,3-10H2,1-2H3,(H,23,30)(H3,21,24,27,28)/t12-,15-,16-,19?/m1/s1. The average molecular weight is 530 g/mol. The van der Waals surface area contributed by atoms with Crippen LogP contribution in [-0.4, -0.2) is 102 Å². The van der Waals surface area contributed by atoms with E-state index in [0.29, 0.717) is 56.6 Å². The van der Waals surface area contributed by atoms with Crippen molar-refractivity contribution in [1.82, 2.24) is 34.9 Å². The molecule has 2 aromatic heterocycles. The number of rotatable bonds is 14. The molecule has 0 radical (unpaired) electrons. The SMILES string of the molecule is CNC[C@H]1OC(n2cnc3c(N)nc(NCCNC(=O)CCCCCNS(C)(=O)=O)nc32)[C@H](O)[C@@H]1O. The number of likely N-dealkylation sites (N-methyl/N-ethyl adjacent to an activating group) is 1. The Kier molecular flexibility index (Phi) is 9.75. The third-order valence-corrected chi connectivity index (χ3v) is 6.37. The third-order valence-electron chi connectivity index (χ3n) is 5.64. The number of aliphatic hydroxyl groups excluding tert-OH is 2. The molecule has 1 aliphatic rings. The number of aliphatic hydroxyl groups is 2. The summed E-state index contributed by atoms with van der Waals surface area (Å²) in [5, 5.41) is 29.5. The summed E-state index contributed by atoms with van der Waals surface area (Å²) in [6, 6.07) is 0. The van der Waals surface area contributed by atoms with Gasteiger partial charge >= 0.3 is 0 Å². The lowest BCUT2D eigenvalue weighted by Crippen LogP contribution is -2.36. The molecule has 8 N–H and O–H groups in total. The molecule has 1 fully saturated rings. The zero-order valence-electron chi connectivity index (χ0n) is 20.3. The molecule has 4 atom stereocenters. The van der Waals surface area contributed by atoms with Crippen molar-refractivity contribution in [2.75, 3.05) is 50.5 Å². The van der Waals surface area contributed by atoms with E-state index in [4.69, 9.17) is 10.5 Å². The van der Waals surface area contributed by atoms with E-state index in [1.165, 1.54) is 10.9 Å². The van der Waals surface area contributed by atoms with Gasteiger partial charge in [-0.1, -0.05) is 6.42 Å². The summed E-state index contributed by atoms with van der Waals surface area (Å²) in [5.41, 5.74) is 6.70. The zero-order valence-corrected chi connectivity index (χ0v) is 21.2. The molecule has 36 heavy (non-hydrogen) atoms. The molecule has 0 aliphatic carbocycles. The van der Waals surface area contributed by atoms with Gasteiger partial charge in [-0.2, -0.15) is 9.97 Å². The second kappa shape index (κ2) is 12.6. The van der Waals surface area contributed by atoms with Crippen LogP contribution in [0.4, 0.5) is 11.8 Å². The van der Waals surface area contributed by atoms with Crippen LogP contribution in [0.1, 0.15) is 31.9 Å². The number of ether oxygens (including phenoxy) is 1. The van der Waals surface area contributed by atoms with Crippen molar-refractivity contribution in [2.24, 2.45) is 0 Å². The lowest BCUT2D eigenvalue weighted by Gasteiger charge is -2.17. The normalized spacial score (nSPS) is 22.2. The lowest BCUT2D eigenvalue weighted by molar-refractivity contribution is -0.121. The Morgan fingerprint density at radius 1 is 1.17 bits per heavy atom. The first kappa shape index (κ1) is 27.9. The van der Waals surface area contributed by atoms with Gasteiger partial charge in [0.05, 0.1) is 12.6 Å². The van der Waals surface area contributed by atoms with Crippen molar-refractivity contribution in [3.05, 3.63) is 6.33 Å². The second-order valence-electron chi connectivity index (χ2n) is 8.61. The van der Waals surface area contributed by atoms with Crippen LogP contribution in [0.15, 0.2) is 6.33 Å². The van der Waals surface area contributed by atoms with Crippen molar-refractivity contribution >= 4 is 38.9 Å². The van der Waals surface area contributed by atoms with Gasteiger partial charge < -0.3 is 36.6 Å². The molecule has 2 aromatic rings. The molecule has 16 heteroatoms. The minimum atomic E-state index is -3.18. The van der Waals surface area contributed by atoms with Gasteiger partial charge in [0, 0.05) is 32.6 Å². The highest BCUT2D eigenvalue weighted by atomic mass is 32.2. The number of amides is 1. The van der Waals surface area contributed by atoms with Gasteiger partial charge in [-0.15, -0.1) is 0 Å². The molecule has 1 aliphatic heterocycles. The van der Waals surface area contributed by atoms with Gasteiger partial charge in [-0.05, 0) is 19.9 Å². The van der Waals surface area contributed by atoms with Crippen molar-refractivity contribution in [3.8, 4) is 0 Å². The number of aromatic nitrogens is 4. The van der Waals surface area contributed by atoms with E-state index in [9.17, 15) is 23.4 Å². The molecule has 15 nitrogen and oxygen atoms in total. The van der Waals surface area contributed by atoms with Crippen LogP contribution in [-0.2, 0) is 19.6 Å². The van der Waals surface area contributed by atoms with Gasteiger partial charge in [0.15, 0.2) is 17.7 Å². The van der Waals surface area contributed by atoms with E-state index in [2.05, 4.69) is 35.6 Å².